The average molecular weight is 254 g/mol. The summed E-state index contributed by atoms with van der Waals surface area (Å²) in [5, 5.41) is 6.98. The van der Waals surface area contributed by atoms with Crippen molar-refractivity contribution in [3.05, 3.63) is 0 Å². The first-order valence-corrected chi connectivity index (χ1v) is 7.47. The first-order chi connectivity index (χ1) is 8.92. The highest BCUT2D eigenvalue weighted by Gasteiger charge is 2.45. The van der Waals surface area contributed by atoms with Crippen LogP contribution in [0.4, 0.5) is 0 Å². The Balaban J connectivity index is 1.77. The van der Waals surface area contributed by atoms with E-state index in [9.17, 15) is 0 Å². The van der Waals surface area contributed by atoms with Gasteiger partial charge in [-0.2, -0.15) is 0 Å². The largest absolute Gasteiger partial charge is 0.344 e. The minimum atomic E-state index is -0.166. The molecule has 0 saturated carbocycles. The molecule has 0 aromatic rings. The lowest BCUT2D eigenvalue weighted by molar-refractivity contribution is -0.263. The van der Waals surface area contributed by atoms with Gasteiger partial charge in [-0.1, -0.05) is 6.42 Å². The van der Waals surface area contributed by atoms with E-state index in [-0.39, 0.29) is 5.85 Å². The molecule has 5 heteroatoms. The number of ether oxygens (including phenoxy) is 1. The summed E-state index contributed by atoms with van der Waals surface area (Å²) in [6, 6.07) is 0. The van der Waals surface area contributed by atoms with Crippen molar-refractivity contribution >= 4 is 0 Å². The number of likely N-dealkylation sites (tertiary alicyclic amines) is 1. The Kier molecular flexibility index (Phi) is 4.16. The summed E-state index contributed by atoms with van der Waals surface area (Å²) in [7, 11) is 0. The molecule has 0 radical (unpaired) electrons. The lowest BCUT2D eigenvalue weighted by atomic mass is 10.1. The highest BCUT2D eigenvalue weighted by atomic mass is 16.5. The number of morpholine rings is 1. The molecule has 1 unspecified atom stereocenters. The molecule has 5 nitrogen and oxygen atoms in total. The van der Waals surface area contributed by atoms with Crippen molar-refractivity contribution in [2.24, 2.45) is 0 Å². The number of piperazine rings is 1. The number of hydrogen-bond donors (Lipinski definition) is 2. The van der Waals surface area contributed by atoms with Crippen LogP contribution in [-0.2, 0) is 4.74 Å². The van der Waals surface area contributed by atoms with Crippen LogP contribution >= 0.6 is 0 Å². The third-order valence-corrected chi connectivity index (χ3v) is 4.43. The molecule has 1 atom stereocenters. The maximum Gasteiger partial charge on any atom is 0.192 e. The molecule has 0 aromatic heterocycles. The van der Waals surface area contributed by atoms with Gasteiger partial charge in [0.2, 0.25) is 0 Å². The van der Waals surface area contributed by atoms with E-state index in [1.54, 1.807) is 0 Å². The standard InChI is InChI=1S/C13H26N4O/c1-2-7-16(8-3-1)13(12-15-6-11-18-13)17-9-4-14-5-10-17/h14-15H,1-12H2. The van der Waals surface area contributed by atoms with Crippen LogP contribution in [0.1, 0.15) is 19.3 Å². The summed E-state index contributed by atoms with van der Waals surface area (Å²) >= 11 is 0. The predicted molar refractivity (Wildman–Crippen MR) is 71.4 cm³/mol. The highest BCUT2D eigenvalue weighted by molar-refractivity contribution is 4.90. The molecular formula is C13H26N4O. The number of nitrogens with zero attached hydrogens (tertiary/aromatic N) is 2. The van der Waals surface area contributed by atoms with Crippen LogP contribution in [0.15, 0.2) is 0 Å². The fourth-order valence-electron chi connectivity index (χ4n) is 3.45. The maximum atomic E-state index is 6.31. The first-order valence-electron chi connectivity index (χ1n) is 7.47. The van der Waals surface area contributed by atoms with Gasteiger partial charge in [-0.05, 0) is 12.8 Å². The van der Waals surface area contributed by atoms with Crippen molar-refractivity contribution in [1.29, 1.82) is 0 Å². The van der Waals surface area contributed by atoms with Crippen molar-refractivity contribution < 1.29 is 4.74 Å². The lowest BCUT2D eigenvalue weighted by Crippen LogP contribution is -2.72. The zero-order chi connectivity index (χ0) is 12.3. The van der Waals surface area contributed by atoms with Gasteiger partial charge >= 0.3 is 0 Å². The van der Waals surface area contributed by atoms with E-state index in [0.717, 1.165) is 45.9 Å². The Hall–Kier alpha value is -0.200. The molecule has 3 heterocycles. The number of rotatable bonds is 2. The topological polar surface area (TPSA) is 39.8 Å². The number of piperidine rings is 1. The van der Waals surface area contributed by atoms with Crippen molar-refractivity contribution in [2.45, 2.75) is 25.1 Å². The third kappa shape index (κ3) is 2.42. The van der Waals surface area contributed by atoms with E-state index < -0.39 is 0 Å². The molecule has 3 aliphatic heterocycles. The molecule has 3 aliphatic rings. The summed E-state index contributed by atoms with van der Waals surface area (Å²) in [4.78, 5) is 5.12. The van der Waals surface area contributed by atoms with Gasteiger partial charge in [0.1, 0.15) is 0 Å². The van der Waals surface area contributed by atoms with E-state index in [0.29, 0.717) is 0 Å². The SMILES string of the molecule is C1CCN(C2(N3CCNCC3)CNCCO2)CC1. The molecule has 0 amide bonds. The molecule has 18 heavy (non-hydrogen) atoms. The quantitative estimate of drug-likeness (QED) is 0.705. The van der Waals surface area contributed by atoms with E-state index in [4.69, 9.17) is 4.74 Å². The third-order valence-electron chi connectivity index (χ3n) is 4.43. The van der Waals surface area contributed by atoms with E-state index in [2.05, 4.69) is 20.4 Å². The second kappa shape index (κ2) is 5.84. The fraction of sp³-hybridized carbons (Fsp3) is 1.00. The zero-order valence-corrected chi connectivity index (χ0v) is 11.3. The Morgan fingerprint density at radius 2 is 1.50 bits per heavy atom. The van der Waals surface area contributed by atoms with Crippen LogP contribution in [0, 0.1) is 0 Å². The van der Waals surface area contributed by atoms with E-state index >= 15 is 0 Å². The zero-order valence-electron chi connectivity index (χ0n) is 11.3. The first kappa shape index (κ1) is 12.8. The predicted octanol–water partition coefficient (Wildman–Crippen LogP) is -0.349. The van der Waals surface area contributed by atoms with Crippen LogP contribution in [0.3, 0.4) is 0 Å². The molecule has 3 fully saturated rings. The van der Waals surface area contributed by atoms with Gasteiger partial charge in [0.25, 0.3) is 0 Å². The van der Waals surface area contributed by atoms with Crippen molar-refractivity contribution in [3.63, 3.8) is 0 Å². The second-order valence-corrected chi connectivity index (χ2v) is 5.55. The highest BCUT2D eigenvalue weighted by Crippen LogP contribution is 2.27. The molecule has 0 bridgehead atoms. The van der Waals surface area contributed by atoms with Crippen molar-refractivity contribution in [2.75, 3.05) is 59.0 Å². The molecule has 3 rings (SSSR count). The smallest absolute Gasteiger partial charge is 0.192 e. The fourth-order valence-corrected chi connectivity index (χ4v) is 3.45. The molecule has 0 spiro atoms. The van der Waals surface area contributed by atoms with Crippen LogP contribution < -0.4 is 10.6 Å². The summed E-state index contributed by atoms with van der Waals surface area (Å²) in [5.74, 6) is -0.166. The van der Waals surface area contributed by atoms with Crippen LogP contribution in [0.25, 0.3) is 0 Å². The Morgan fingerprint density at radius 3 is 2.17 bits per heavy atom. The minimum Gasteiger partial charge on any atom is -0.344 e. The van der Waals surface area contributed by atoms with E-state index in [1.165, 1.54) is 32.4 Å². The Bertz CT molecular complexity index is 236. The summed E-state index contributed by atoms with van der Waals surface area (Å²) in [6.07, 6.45) is 4.01. The van der Waals surface area contributed by atoms with Gasteiger partial charge in [0.15, 0.2) is 5.85 Å². The lowest BCUT2D eigenvalue weighted by Gasteiger charge is -2.54. The Labute approximate surface area is 110 Å². The summed E-state index contributed by atoms with van der Waals surface area (Å²) in [6.45, 7) is 9.50. The molecule has 104 valence electrons. The number of hydrogen-bond acceptors (Lipinski definition) is 5. The molecule has 2 N–H and O–H groups in total. The molecular weight excluding hydrogens is 228 g/mol. The normalized spacial score (nSPS) is 36.7. The average Bonchev–Trinajstić information content (AvgIpc) is 2.50. The maximum absolute atomic E-state index is 6.31. The van der Waals surface area contributed by atoms with Crippen LogP contribution in [0.2, 0.25) is 0 Å². The monoisotopic (exact) mass is 254 g/mol. The Morgan fingerprint density at radius 1 is 0.778 bits per heavy atom. The van der Waals surface area contributed by atoms with Crippen molar-refractivity contribution in [1.82, 2.24) is 20.4 Å². The van der Waals surface area contributed by atoms with Crippen LogP contribution in [-0.4, -0.2) is 74.6 Å². The van der Waals surface area contributed by atoms with Gasteiger partial charge in [-0.3, -0.25) is 9.80 Å². The van der Waals surface area contributed by atoms with Gasteiger partial charge < -0.3 is 15.4 Å². The summed E-state index contributed by atoms with van der Waals surface area (Å²) in [5.41, 5.74) is 0. The molecule has 3 saturated heterocycles. The number of nitrogens with one attached hydrogen (secondary N) is 2. The van der Waals surface area contributed by atoms with Crippen LogP contribution in [0.5, 0.6) is 0 Å². The van der Waals surface area contributed by atoms with Gasteiger partial charge in [-0.25, -0.2) is 0 Å². The molecule has 0 aliphatic carbocycles. The minimum absolute atomic E-state index is 0.166. The van der Waals surface area contributed by atoms with Gasteiger partial charge in [0, 0.05) is 45.8 Å². The second-order valence-electron chi connectivity index (χ2n) is 5.55. The van der Waals surface area contributed by atoms with Crippen molar-refractivity contribution in [3.8, 4) is 0 Å². The summed E-state index contributed by atoms with van der Waals surface area (Å²) < 4.78 is 6.31. The van der Waals surface area contributed by atoms with E-state index in [1.807, 2.05) is 0 Å². The molecule has 0 aromatic carbocycles. The van der Waals surface area contributed by atoms with Gasteiger partial charge in [-0.15, -0.1) is 0 Å². The van der Waals surface area contributed by atoms with Gasteiger partial charge in [0.05, 0.1) is 13.2 Å².